The lowest BCUT2D eigenvalue weighted by Gasteiger charge is -2.18. The number of hydrogen-bond donors (Lipinski definition) is 1. The summed E-state index contributed by atoms with van der Waals surface area (Å²) >= 11 is 6.00. The molecule has 0 aliphatic heterocycles. The number of hydrogen-bond acceptors (Lipinski definition) is 4. The van der Waals surface area contributed by atoms with Gasteiger partial charge in [0.05, 0.1) is 4.90 Å². The molecule has 0 fully saturated rings. The Morgan fingerprint density at radius 2 is 1.79 bits per heavy atom. The van der Waals surface area contributed by atoms with Crippen LogP contribution in [0.2, 0.25) is 5.02 Å². The van der Waals surface area contributed by atoms with Gasteiger partial charge in [0.1, 0.15) is 5.75 Å². The zero-order valence-corrected chi connectivity index (χ0v) is 16.1. The summed E-state index contributed by atoms with van der Waals surface area (Å²) in [4.78, 5) is 0.175. The molecule has 24 heavy (non-hydrogen) atoms. The lowest BCUT2D eigenvalue weighted by molar-refractivity contribution is 0.502. The van der Waals surface area contributed by atoms with E-state index in [1.165, 1.54) is 6.66 Å². The Balaban J connectivity index is 2.32. The Morgan fingerprint density at radius 3 is 2.38 bits per heavy atom. The molecule has 0 aliphatic carbocycles. The summed E-state index contributed by atoms with van der Waals surface area (Å²) in [6, 6.07) is 10.7. The summed E-state index contributed by atoms with van der Waals surface area (Å²) in [6.07, 6.45) is 0. The van der Waals surface area contributed by atoms with Gasteiger partial charge in [0.2, 0.25) is 18.1 Å². The minimum Gasteiger partial charge on any atom is -0.445 e. The molecule has 2 aromatic carbocycles. The average Bonchev–Trinajstić information content (AvgIpc) is 2.48. The smallest absolute Gasteiger partial charge is 0.241 e. The molecule has 130 valence electrons. The van der Waals surface area contributed by atoms with Crippen LogP contribution in [-0.4, -0.2) is 15.1 Å². The largest absolute Gasteiger partial charge is 0.445 e. The van der Waals surface area contributed by atoms with Gasteiger partial charge in [-0.25, -0.2) is 13.1 Å². The lowest BCUT2D eigenvalue weighted by Crippen LogP contribution is -2.27. The zero-order chi connectivity index (χ0) is 17.9. The predicted octanol–water partition coefficient (Wildman–Crippen LogP) is 4.17. The van der Waals surface area contributed by atoms with E-state index in [1.54, 1.807) is 49.4 Å². The van der Waals surface area contributed by atoms with Gasteiger partial charge in [0.15, 0.2) is 0 Å². The summed E-state index contributed by atoms with van der Waals surface area (Å²) in [6.45, 7) is 5.02. The molecule has 0 saturated heterocycles. The molecule has 2 rings (SSSR count). The number of aryl methyl sites for hydroxylation is 1. The number of sulfonamides is 1. The maximum absolute atomic E-state index is 12.5. The van der Waals surface area contributed by atoms with E-state index in [0.717, 1.165) is 5.56 Å². The number of rotatable bonds is 6. The first-order valence-corrected chi connectivity index (χ1v) is 10.9. The van der Waals surface area contributed by atoms with E-state index < -0.39 is 24.1 Å². The van der Waals surface area contributed by atoms with E-state index in [2.05, 4.69) is 4.72 Å². The SMILES string of the molecule is Cc1ccc(S(=O)(=O)N[C@H](C)c2cc(Cl)ccc2O[PH](C)=O)cc1. The van der Waals surface area contributed by atoms with Crippen molar-refractivity contribution in [2.45, 2.75) is 24.8 Å². The topological polar surface area (TPSA) is 72.5 Å². The van der Waals surface area contributed by atoms with Gasteiger partial charge < -0.3 is 4.52 Å². The van der Waals surface area contributed by atoms with Crippen molar-refractivity contribution < 1.29 is 17.5 Å². The standard InChI is InChI=1S/C16H19ClNO4PS/c1-11-4-7-14(8-5-11)24(20,21)18-12(2)15-10-13(17)6-9-16(15)22-23(3)19/h4-10,12,18,23H,1-3H3/t12-/m1/s1. The molecule has 0 radical (unpaired) electrons. The van der Waals surface area contributed by atoms with Gasteiger partial charge in [-0.2, -0.15) is 0 Å². The Kier molecular flexibility index (Phi) is 6.10. The maximum Gasteiger partial charge on any atom is 0.241 e. The summed E-state index contributed by atoms with van der Waals surface area (Å²) < 4.78 is 44.3. The van der Waals surface area contributed by atoms with Crippen molar-refractivity contribution in [2.24, 2.45) is 0 Å². The number of nitrogens with one attached hydrogen (secondary N) is 1. The summed E-state index contributed by atoms with van der Waals surface area (Å²) in [5.41, 5.74) is 1.50. The Morgan fingerprint density at radius 1 is 1.17 bits per heavy atom. The Labute approximate surface area is 147 Å². The lowest BCUT2D eigenvalue weighted by atomic mass is 10.1. The van der Waals surface area contributed by atoms with Gasteiger partial charge in [-0.1, -0.05) is 29.3 Å². The highest BCUT2D eigenvalue weighted by atomic mass is 35.5. The molecule has 0 spiro atoms. The van der Waals surface area contributed by atoms with Gasteiger partial charge in [-0.3, -0.25) is 4.57 Å². The van der Waals surface area contributed by atoms with Crippen LogP contribution in [0.25, 0.3) is 0 Å². The molecule has 2 aromatic rings. The van der Waals surface area contributed by atoms with Gasteiger partial charge in [0, 0.05) is 23.3 Å². The second kappa shape index (κ2) is 7.70. The van der Waals surface area contributed by atoms with Crippen LogP contribution in [0.5, 0.6) is 5.75 Å². The van der Waals surface area contributed by atoms with Crippen LogP contribution in [0.1, 0.15) is 24.1 Å². The highest BCUT2D eigenvalue weighted by molar-refractivity contribution is 7.89. The molecule has 8 heteroatoms. The second-order valence-corrected chi connectivity index (χ2v) is 8.77. The van der Waals surface area contributed by atoms with Gasteiger partial charge >= 0.3 is 0 Å². The van der Waals surface area contributed by atoms with Crippen LogP contribution in [0.3, 0.4) is 0 Å². The van der Waals surface area contributed by atoms with Crippen molar-refractivity contribution in [1.82, 2.24) is 4.72 Å². The number of halogens is 1. The first kappa shape index (κ1) is 19.0. The summed E-state index contributed by atoms with van der Waals surface area (Å²) in [7, 11) is -5.93. The molecule has 1 unspecified atom stereocenters. The fourth-order valence-electron chi connectivity index (χ4n) is 2.19. The zero-order valence-electron chi connectivity index (χ0n) is 13.5. The fraction of sp³-hybridized carbons (Fsp3) is 0.250. The average molecular weight is 388 g/mol. The Bertz CT molecular complexity index is 853. The molecule has 5 nitrogen and oxygen atoms in total. The predicted molar refractivity (Wildman–Crippen MR) is 96.9 cm³/mol. The summed E-state index contributed by atoms with van der Waals surface area (Å²) in [5.74, 6) is 0.352. The van der Waals surface area contributed by atoms with E-state index >= 15 is 0 Å². The van der Waals surface area contributed by atoms with Crippen LogP contribution in [0.4, 0.5) is 0 Å². The normalized spacial score (nSPS) is 14.2. The van der Waals surface area contributed by atoms with E-state index in [0.29, 0.717) is 16.3 Å². The van der Waals surface area contributed by atoms with Crippen molar-refractivity contribution >= 4 is 29.7 Å². The molecule has 1 N–H and O–H groups in total. The van der Waals surface area contributed by atoms with Crippen molar-refractivity contribution in [3.05, 3.63) is 58.6 Å². The third-order valence-electron chi connectivity index (χ3n) is 3.36. The third kappa shape index (κ3) is 4.84. The molecule has 2 atom stereocenters. The minimum absolute atomic E-state index is 0.175. The van der Waals surface area contributed by atoms with Crippen LogP contribution >= 0.6 is 19.6 Å². The second-order valence-electron chi connectivity index (χ2n) is 5.43. The van der Waals surface area contributed by atoms with Gasteiger partial charge in [0.25, 0.3) is 0 Å². The Hall–Kier alpha value is -1.33. The molecular formula is C16H19ClNO4PS. The summed E-state index contributed by atoms with van der Waals surface area (Å²) in [5, 5.41) is 0.439. The van der Waals surface area contributed by atoms with Gasteiger partial charge in [-0.15, -0.1) is 0 Å². The maximum atomic E-state index is 12.5. The quantitative estimate of drug-likeness (QED) is 0.755. The van der Waals surface area contributed by atoms with Crippen LogP contribution in [0.15, 0.2) is 47.4 Å². The first-order valence-electron chi connectivity index (χ1n) is 7.26. The van der Waals surface area contributed by atoms with Crippen LogP contribution in [0, 0.1) is 6.92 Å². The highest BCUT2D eigenvalue weighted by Gasteiger charge is 2.21. The first-order chi connectivity index (χ1) is 11.2. The molecule has 0 bridgehead atoms. The van der Waals surface area contributed by atoms with E-state index in [9.17, 15) is 13.0 Å². The van der Waals surface area contributed by atoms with Crippen LogP contribution < -0.4 is 9.25 Å². The van der Waals surface area contributed by atoms with Crippen molar-refractivity contribution in [3.63, 3.8) is 0 Å². The van der Waals surface area contributed by atoms with Crippen molar-refractivity contribution in [1.29, 1.82) is 0 Å². The number of benzene rings is 2. The third-order valence-corrected chi connectivity index (χ3v) is 5.65. The van der Waals surface area contributed by atoms with Crippen LogP contribution in [-0.2, 0) is 14.6 Å². The van der Waals surface area contributed by atoms with E-state index in [-0.39, 0.29) is 4.90 Å². The molecule has 0 saturated carbocycles. The molecule has 0 amide bonds. The molecular weight excluding hydrogens is 369 g/mol. The highest BCUT2D eigenvalue weighted by Crippen LogP contribution is 2.33. The molecule has 0 aromatic heterocycles. The van der Waals surface area contributed by atoms with E-state index in [4.69, 9.17) is 16.1 Å². The molecule has 0 heterocycles. The van der Waals surface area contributed by atoms with Crippen molar-refractivity contribution in [3.8, 4) is 5.75 Å². The van der Waals surface area contributed by atoms with Crippen molar-refractivity contribution in [2.75, 3.05) is 6.66 Å². The fourth-order valence-corrected chi connectivity index (χ4v) is 4.09. The molecule has 0 aliphatic rings. The van der Waals surface area contributed by atoms with Gasteiger partial charge in [-0.05, 0) is 44.2 Å². The minimum atomic E-state index is -3.70. The monoisotopic (exact) mass is 387 g/mol. The van der Waals surface area contributed by atoms with E-state index in [1.807, 2.05) is 6.92 Å².